The van der Waals surface area contributed by atoms with Crippen molar-refractivity contribution in [3.63, 3.8) is 0 Å². The second-order valence-electron chi connectivity index (χ2n) is 12.2. The number of hydrogen-bond donors (Lipinski definition) is 0. The predicted octanol–water partition coefficient (Wildman–Crippen LogP) is 2.77. The van der Waals surface area contributed by atoms with Crippen molar-refractivity contribution < 1.29 is 14.2 Å². The van der Waals surface area contributed by atoms with Crippen LogP contribution >= 0.6 is 0 Å². The standard InChI is InChI=1S/C32H35N9O3/c1-42-31-5-2-21(11-36-31)15-40-25-8-26(40)17-38(16-25)30-14-34-29(13-35-30)28-9-27(18-41-32(28)22(10-33)12-37-41)44-7-6-39-23-3-4-24(39)20-43-19-23/h2,5,9,11-14,18,23-26H,3-4,6-8,15-17,19-20H2,1H3. The van der Waals surface area contributed by atoms with Crippen LogP contribution in [0.2, 0.25) is 0 Å². The minimum Gasteiger partial charge on any atom is -0.491 e. The molecule has 44 heavy (non-hydrogen) atoms. The molecular weight excluding hydrogens is 558 g/mol. The van der Waals surface area contributed by atoms with E-state index in [1.54, 1.807) is 24.0 Å². The molecule has 5 fully saturated rings. The molecule has 0 aliphatic carbocycles. The van der Waals surface area contributed by atoms with Gasteiger partial charge in [0.25, 0.3) is 0 Å². The molecule has 9 rings (SSSR count). The van der Waals surface area contributed by atoms with E-state index in [-0.39, 0.29) is 0 Å². The van der Waals surface area contributed by atoms with Crippen LogP contribution in [0.3, 0.4) is 0 Å². The number of rotatable bonds is 9. The molecule has 4 bridgehead atoms. The lowest BCUT2D eigenvalue weighted by molar-refractivity contribution is -0.0190. The van der Waals surface area contributed by atoms with E-state index in [4.69, 9.17) is 24.2 Å². The number of nitriles is 1. The van der Waals surface area contributed by atoms with Gasteiger partial charge >= 0.3 is 0 Å². The lowest BCUT2D eigenvalue weighted by Crippen LogP contribution is -2.68. The fraction of sp³-hybridized carbons (Fsp3) is 0.469. The third-order valence-corrected chi connectivity index (χ3v) is 9.67. The van der Waals surface area contributed by atoms with E-state index in [0.717, 1.165) is 50.8 Å². The summed E-state index contributed by atoms with van der Waals surface area (Å²) in [6.45, 7) is 5.75. The molecule has 0 N–H and O–H groups in total. The van der Waals surface area contributed by atoms with Crippen molar-refractivity contribution in [2.75, 3.05) is 51.5 Å². The summed E-state index contributed by atoms with van der Waals surface area (Å²) in [6, 6.07) is 10.2. The van der Waals surface area contributed by atoms with Crippen molar-refractivity contribution in [2.45, 2.75) is 50.0 Å². The SMILES string of the molecule is COc1ccc(CN2C3CC2CN(c2cnc(-c4cc(OCCN5C6CCC5COC6)cn5ncc(C#N)c45)cn2)C3)cn1. The van der Waals surface area contributed by atoms with Crippen molar-refractivity contribution in [1.82, 2.24) is 34.4 Å². The molecule has 12 nitrogen and oxygen atoms in total. The summed E-state index contributed by atoms with van der Waals surface area (Å²) >= 11 is 0. The van der Waals surface area contributed by atoms with Crippen molar-refractivity contribution in [1.29, 1.82) is 5.26 Å². The smallest absolute Gasteiger partial charge is 0.212 e. The summed E-state index contributed by atoms with van der Waals surface area (Å²) < 4.78 is 18.9. The number of piperidine rings is 1. The number of aromatic nitrogens is 5. The Morgan fingerprint density at radius 3 is 2.52 bits per heavy atom. The van der Waals surface area contributed by atoms with Crippen molar-refractivity contribution in [3.8, 4) is 29.0 Å². The van der Waals surface area contributed by atoms with Crippen LogP contribution in [-0.2, 0) is 11.3 Å². The molecule has 5 aliphatic rings. The molecule has 4 aromatic rings. The van der Waals surface area contributed by atoms with Gasteiger partial charge in [-0.15, -0.1) is 0 Å². The highest BCUT2D eigenvalue weighted by Gasteiger charge is 2.44. The Morgan fingerprint density at radius 1 is 0.977 bits per heavy atom. The molecule has 0 radical (unpaired) electrons. The first-order valence-electron chi connectivity index (χ1n) is 15.4. The highest BCUT2D eigenvalue weighted by atomic mass is 16.5. The zero-order chi connectivity index (χ0) is 29.6. The van der Waals surface area contributed by atoms with Crippen molar-refractivity contribution in [3.05, 3.63) is 60.3 Å². The number of hydrogen-bond acceptors (Lipinski definition) is 11. The Kier molecular flexibility index (Phi) is 7.01. The Bertz CT molecular complexity index is 1660. The normalized spacial score (nSPS) is 24.7. The summed E-state index contributed by atoms with van der Waals surface area (Å²) in [6.07, 6.45) is 12.6. The monoisotopic (exact) mass is 593 g/mol. The van der Waals surface area contributed by atoms with Crippen LogP contribution < -0.4 is 14.4 Å². The molecule has 4 aromatic heterocycles. The Morgan fingerprint density at radius 2 is 1.82 bits per heavy atom. The van der Waals surface area contributed by atoms with E-state index in [0.29, 0.717) is 59.2 Å². The van der Waals surface area contributed by atoms with Gasteiger partial charge in [0.15, 0.2) is 0 Å². The third kappa shape index (κ3) is 4.91. The number of ether oxygens (including phenoxy) is 3. The molecule has 4 atom stereocenters. The lowest BCUT2D eigenvalue weighted by atomic mass is 9.87. The van der Waals surface area contributed by atoms with Crippen LogP contribution in [0.5, 0.6) is 11.6 Å². The largest absolute Gasteiger partial charge is 0.491 e. The van der Waals surface area contributed by atoms with Gasteiger partial charge in [0, 0.05) is 68.2 Å². The number of nitrogens with zero attached hydrogens (tertiary/aromatic N) is 9. The minimum atomic E-state index is 0.475. The highest BCUT2D eigenvalue weighted by molar-refractivity contribution is 5.83. The summed E-state index contributed by atoms with van der Waals surface area (Å²) in [5.41, 5.74) is 3.85. The first-order valence-corrected chi connectivity index (χ1v) is 15.4. The molecule has 0 aromatic carbocycles. The number of methoxy groups -OCH3 is 1. The Hall–Kier alpha value is -4.31. The fourth-order valence-electron chi connectivity index (χ4n) is 7.39. The molecule has 0 amide bonds. The first-order chi connectivity index (χ1) is 21.7. The molecule has 9 heterocycles. The van der Waals surface area contributed by atoms with E-state index < -0.39 is 0 Å². The summed E-state index contributed by atoms with van der Waals surface area (Å²) in [4.78, 5) is 21.4. The second-order valence-corrected chi connectivity index (χ2v) is 12.2. The zero-order valence-corrected chi connectivity index (χ0v) is 24.7. The van der Waals surface area contributed by atoms with Crippen LogP contribution in [0.15, 0.2) is 49.2 Å². The zero-order valence-electron chi connectivity index (χ0n) is 24.7. The average Bonchev–Trinajstić information content (AvgIpc) is 3.58. The molecule has 0 spiro atoms. The molecule has 4 unspecified atom stereocenters. The van der Waals surface area contributed by atoms with Crippen LogP contribution in [0.4, 0.5) is 5.82 Å². The maximum absolute atomic E-state index is 9.78. The van der Waals surface area contributed by atoms with Gasteiger partial charge < -0.3 is 19.1 Å². The van der Waals surface area contributed by atoms with Gasteiger partial charge in [-0.05, 0) is 30.9 Å². The van der Waals surface area contributed by atoms with Gasteiger partial charge in [0.1, 0.15) is 24.2 Å². The molecule has 226 valence electrons. The topological polar surface area (TPSA) is 117 Å². The van der Waals surface area contributed by atoms with Crippen LogP contribution in [0.1, 0.15) is 30.4 Å². The van der Waals surface area contributed by atoms with Crippen molar-refractivity contribution >= 4 is 11.3 Å². The van der Waals surface area contributed by atoms with Gasteiger partial charge in [-0.2, -0.15) is 10.4 Å². The van der Waals surface area contributed by atoms with E-state index >= 15 is 0 Å². The quantitative estimate of drug-likeness (QED) is 0.285. The Labute approximate surface area is 255 Å². The van der Waals surface area contributed by atoms with Gasteiger partial charge in [0.05, 0.1) is 61.9 Å². The number of piperazine rings is 1. The van der Waals surface area contributed by atoms with Gasteiger partial charge in [-0.1, -0.05) is 6.07 Å². The molecule has 5 saturated heterocycles. The Balaban J connectivity index is 0.963. The van der Waals surface area contributed by atoms with Gasteiger partial charge in [0.2, 0.25) is 5.88 Å². The number of anilines is 1. The number of morpholine rings is 1. The van der Waals surface area contributed by atoms with E-state index in [1.165, 1.54) is 24.8 Å². The third-order valence-electron chi connectivity index (χ3n) is 9.67. The van der Waals surface area contributed by atoms with Crippen molar-refractivity contribution in [2.24, 2.45) is 0 Å². The first kappa shape index (κ1) is 27.3. The average molecular weight is 594 g/mol. The van der Waals surface area contributed by atoms with Crippen LogP contribution in [-0.4, -0.2) is 105 Å². The summed E-state index contributed by atoms with van der Waals surface area (Å²) in [5.74, 6) is 2.19. The van der Waals surface area contributed by atoms with Crippen LogP contribution in [0, 0.1) is 11.3 Å². The minimum absolute atomic E-state index is 0.475. The van der Waals surface area contributed by atoms with Crippen LogP contribution in [0.25, 0.3) is 16.8 Å². The summed E-state index contributed by atoms with van der Waals surface area (Å²) in [5, 5.41) is 14.2. The van der Waals surface area contributed by atoms with Gasteiger partial charge in [-0.25, -0.2) is 14.5 Å². The molecule has 5 aliphatic heterocycles. The van der Waals surface area contributed by atoms with E-state index in [1.807, 2.05) is 30.7 Å². The highest BCUT2D eigenvalue weighted by Crippen LogP contribution is 2.36. The second kappa shape index (κ2) is 11.3. The maximum Gasteiger partial charge on any atom is 0.212 e. The molecule has 12 heteroatoms. The number of fused-ring (bicyclic) bond motifs is 5. The predicted molar refractivity (Wildman–Crippen MR) is 162 cm³/mol. The van der Waals surface area contributed by atoms with Gasteiger partial charge in [-0.3, -0.25) is 14.8 Å². The fourth-order valence-corrected chi connectivity index (χ4v) is 7.39. The van der Waals surface area contributed by atoms with E-state index in [9.17, 15) is 5.26 Å². The number of pyridine rings is 2. The lowest BCUT2D eigenvalue weighted by Gasteiger charge is -2.56. The molecular formula is C32H35N9O3. The maximum atomic E-state index is 9.78. The van der Waals surface area contributed by atoms with E-state index in [2.05, 4.69) is 36.9 Å². The summed E-state index contributed by atoms with van der Waals surface area (Å²) in [7, 11) is 1.64. The molecule has 0 saturated carbocycles.